The quantitative estimate of drug-likeness (QED) is 0.870. The van der Waals surface area contributed by atoms with Gasteiger partial charge in [0.05, 0.1) is 6.26 Å². The summed E-state index contributed by atoms with van der Waals surface area (Å²) in [5.41, 5.74) is 1.87. The van der Waals surface area contributed by atoms with Gasteiger partial charge in [-0.05, 0) is 44.2 Å². The molecule has 2 aromatic rings. The second kappa shape index (κ2) is 5.53. The van der Waals surface area contributed by atoms with E-state index in [0.29, 0.717) is 0 Å². The highest BCUT2D eigenvalue weighted by molar-refractivity contribution is 5.77. The van der Waals surface area contributed by atoms with Crippen molar-refractivity contribution in [1.29, 1.82) is 0 Å². The van der Waals surface area contributed by atoms with Gasteiger partial charge in [0, 0.05) is 17.3 Å². The molecule has 0 aliphatic carbocycles. The number of furan rings is 1. The van der Waals surface area contributed by atoms with Crippen molar-refractivity contribution < 1.29 is 8.81 Å². The van der Waals surface area contributed by atoms with Gasteiger partial charge < -0.3 is 9.73 Å². The molecule has 2 rings (SSSR count). The molecular weight excluding hydrogens is 229 g/mol. The Kier molecular flexibility index (Phi) is 4.02. The molecule has 0 amide bonds. The molecule has 1 aromatic carbocycles. The second-order valence-corrected chi connectivity index (χ2v) is 4.77. The summed E-state index contributed by atoms with van der Waals surface area (Å²) in [5, 5.41) is 4.33. The van der Waals surface area contributed by atoms with E-state index in [-0.39, 0.29) is 12.0 Å². The number of hydrogen-bond donors (Lipinski definition) is 1. The number of hydrogen-bond acceptors (Lipinski definition) is 2. The molecule has 0 saturated heterocycles. The molecule has 2 nitrogen and oxygen atoms in total. The molecule has 3 atom stereocenters. The first kappa shape index (κ1) is 13.1. The summed E-state index contributed by atoms with van der Waals surface area (Å²) in [6, 6.07) is 7.92. The number of alkyl halides is 1. The lowest BCUT2D eigenvalue weighted by Crippen LogP contribution is -2.35. The standard InChI is InChI=1S/C15H20FNO/c1-4-17-11(3)15(10(2)16)13-5-6-14-12(9-13)7-8-18-14/h5-11,15,17H,4H2,1-3H3. The van der Waals surface area contributed by atoms with Gasteiger partial charge in [-0.2, -0.15) is 0 Å². The van der Waals surface area contributed by atoms with Crippen molar-refractivity contribution in [2.75, 3.05) is 6.54 Å². The van der Waals surface area contributed by atoms with Gasteiger partial charge >= 0.3 is 0 Å². The van der Waals surface area contributed by atoms with Crippen LogP contribution >= 0.6 is 0 Å². The summed E-state index contributed by atoms with van der Waals surface area (Å²) >= 11 is 0. The maximum absolute atomic E-state index is 13.9. The van der Waals surface area contributed by atoms with Crippen LogP contribution in [0.25, 0.3) is 11.0 Å². The van der Waals surface area contributed by atoms with E-state index in [9.17, 15) is 4.39 Å². The maximum atomic E-state index is 13.9. The van der Waals surface area contributed by atoms with Crippen molar-refractivity contribution in [3.05, 3.63) is 36.1 Å². The third kappa shape index (κ3) is 2.56. The van der Waals surface area contributed by atoms with Gasteiger partial charge in [0.1, 0.15) is 11.8 Å². The first-order valence-corrected chi connectivity index (χ1v) is 6.48. The molecule has 1 heterocycles. The second-order valence-electron chi connectivity index (χ2n) is 4.77. The number of benzene rings is 1. The molecule has 3 unspecified atom stereocenters. The van der Waals surface area contributed by atoms with Gasteiger partial charge in [0.25, 0.3) is 0 Å². The summed E-state index contributed by atoms with van der Waals surface area (Å²) < 4.78 is 19.2. The minimum atomic E-state index is -0.886. The highest BCUT2D eigenvalue weighted by Crippen LogP contribution is 2.29. The fraction of sp³-hybridized carbons (Fsp3) is 0.467. The van der Waals surface area contributed by atoms with Crippen LogP contribution in [0.4, 0.5) is 4.39 Å². The minimum absolute atomic E-state index is 0.111. The maximum Gasteiger partial charge on any atom is 0.133 e. The number of halogens is 1. The van der Waals surface area contributed by atoms with Crippen LogP contribution < -0.4 is 5.32 Å². The molecule has 0 fully saturated rings. The summed E-state index contributed by atoms with van der Waals surface area (Å²) in [4.78, 5) is 0. The van der Waals surface area contributed by atoms with Crippen LogP contribution in [-0.2, 0) is 0 Å². The van der Waals surface area contributed by atoms with Crippen LogP contribution in [0.15, 0.2) is 34.9 Å². The van der Waals surface area contributed by atoms with Crippen LogP contribution in [-0.4, -0.2) is 18.8 Å². The van der Waals surface area contributed by atoms with Gasteiger partial charge in [-0.25, -0.2) is 4.39 Å². The SMILES string of the molecule is CCNC(C)C(c1ccc2occc2c1)C(C)F. The van der Waals surface area contributed by atoms with Crippen LogP contribution in [0, 0.1) is 0 Å². The number of likely N-dealkylation sites (N-methyl/N-ethyl adjacent to an activating group) is 1. The topological polar surface area (TPSA) is 25.2 Å². The molecule has 18 heavy (non-hydrogen) atoms. The molecule has 0 radical (unpaired) electrons. The third-order valence-electron chi connectivity index (χ3n) is 3.42. The predicted molar refractivity (Wildman–Crippen MR) is 72.7 cm³/mol. The number of fused-ring (bicyclic) bond motifs is 1. The van der Waals surface area contributed by atoms with Crippen molar-refractivity contribution >= 4 is 11.0 Å². The van der Waals surface area contributed by atoms with E-state index >= 15 is 0 Å². The van der Waals surface area contributed by atoms with Crippen molar-refractivity contribution in [3.8, 4) is 0 Å². The predicted octanol–water partition coefficient (Wildman–Crippen LogP) is 3.87. The summed E-state index contributed by atoms with van der Waals surface area (Å²) in [6.07, 6.45) is 0.777. The van der Waals surface area contributed by atoms with Gasteiger partial charge in [-0.3, -0.25) is 0 Å². The van der Waals surface area contributed by atoms with Crippen molar-refractivity contribution in [2.24, 2.45) is 0 Å². The fourth-order valence-electron chi connectivity index (χ4n) is 2.59. The van der Waals surface area contributed by atoms with Crippen molar-refractivity contribution in [2.45, 2.75) is 38.9 Å². The van der Waals surface area contributed by atoms with Gasteiger partial charge in [-0.1, -0.05) is 13.0 Å². The van der Waals surface area contributed by atoms with E-state index in [2.05, 4.69) is 5.32 Å². The minimum Gasteiger partial charge on any atom is -0.464 e. The molecule has 3 heteroatoms. The Morgan fingerprint density at radius 2 is 2.06 bits per heavy atom. The zero-order chi connectivity index (χ0) is 13.1. The molecule has 0 spiro atoms. The van der Waals surface area contributed by atoms with Crippen LogP contribution in [0.3, 0.4) is 0 Å². The van der Waals surface area contributed by atoms with E-state index in [1.807, 2.05) is 38.1 Å². The van der Waals surface area contributed by atoms with E-state index < -0.39 is 6.17 Å². The highest BCUT2D eigenvalue weighted by Gasteiger charge is 2.25. The first-order valence-electron chi connectivity index (χ1n) is 6.48. The Balaban J connectivity index is 2.34. The normalized spacial score (nSPS) is 16.7. The Hall–Kier alpha value is -1.35. The van der Waals surface area contributed by atoms with Gasteiger partial charge in [-0.15, -0.1) is 0 Å². The Morgan fingerprint density at radius 3 is 2.72 bits per heavy atom. The third-order valence-corrected chi connectivity index (χ3v) is 3.42. The molecular formula is C15H20FNO. The van der Waals surface area contributed by atoms with Crippen molar-refractivity contribution in [1.82, 2.24) is 5.32 Å². The number of rotatable bonds is 5. The van der Waals surface area contributed by atoms with Gasteiger partial charge in [0.15, 0.2) is 0 Å². The van der Waals surface area contributed by atoms with Crippen LogP contribution in [0.2, 0.25) is 0 Å². The Bertz CT molecular complexity index is 506. The smallest absolute Gasteiger partial charge is 0.133 e. The van der Waals surface area contributed by atoms with Crippen molar-refractivity contribution in [3.63, 3.8) is 0 Å². The fourth-order valence-corrected chi connectivity index (χ4v) is 2.59. The molecule has 1 aromatic heterocycles. The highest BCUT2D eigenvalue weighted by atomic mass is 19.1. The molecule has 0 aliphatic heterocycles. The summed E-state index contributed by atoms with van der Waals surface area (Å²) in [5.74, 6) is -0.135. The lowest BCUT2D eigenvalue weighted by Gasteiger charge is -2.26. The first-order chi connectivity index (χ1) is 8.63. The van der Waals surface area contributed by atoms with E-state index in [0.717, 1.165) is 23.1 Å². The molecule has 0 aliphatic rings. The van der Waals surface area contributed by atoms with Crippen LogP contribution in [0.5, 0.6) is 0 Å². The van der Waals surface area contributed by atoms with E-state index in [4.69, 9.17) is 4.42 Å². The molecule has 0 saturated carbocycles. The summed E-state index contributed by atoms with van der Waals surface area (Å²) in [6.45, 7) is 6.54. The zero-order valence-electron chi connectivity index (χ0n) is 11.1. The monoisotopic (exact) mass is 249 g/mol. The average molecular weight is 249 g/mol. The lowest BCUT2D eigenvalue weighted by molar-refractivity contribution is 0.265. The Morgan fingerprint density at radius 1 is 1.28 bits per heavy atom. The van der Waals surface area contributed by atoms with E-state index in [1.165, 1.54) is 0 Å². The van der Waals surface area contributed by atoms with Crippen LogP contribution in [0.1, 0.15) is 32.3 Å². The van der Waals surface area contributed by atoms with E-state index in [1.54, 1.807) is 13.2 Å². The molecule has 0 bridgehead atoms. The summed E-state index contributed by atoms with van der Waals surface area (Å²) in [7, 11) is 0. The lowest BCUT2D eigenvalue weighted by atomic mass is 9.88. The average Bonchev–Trinajstić information content (AvgIpc) is 2.76. The molecule has 98 valence electrons. The number of nitrogens with one attached hydrogen (secondary N) is 1. The zero-order valence-corrected chi connectivity index (χ0v) is 11.1. The largest absolute Gasteiger partial charge is 0.464 e. The van der Waals surface area contributed by atoms with Gasteiger partial charge in [0.2, 0.25) is 0 Å². The molecule has 1 N–H and O–H groups in total. The Labute approximate surface area is 107 Å².